The number of likely N-dealkylation sites (tertiary alicyclic amines) is 1. The first-order valence-corrected chi connectivity index (χ1v) is 7.43. The molecule has 1 saturated heterocycles. The van der Waals surface area contributed by atoms with Crippen LogP contribution in [0.4, 0.5) is 5.69 Å². The van der Waals surface area contributed by atoms with Gasteiger partial charge in [0.25, 0.3) is 0 Å². The van der Waals surface area contributed by atoms with Crippen molar-refractivity contribution in [3.63, 3.8) is 0 Å². The maximum Gasteiger partial charge on any atom is 0.243 e. The SMILES string of the molecule is Cc1cccc(N)c1S(=O)(=O)NC1CCN(C)C1=O. The zero-order chi connectivity index (χ0) is 14.2. The number of anilines is 1. The van der Waals surface area contributed by atoms with E-state index in [-0.39, 0.29) is 16.5 Å². The first kappa shape index (κ1) is 13.8. The van der Waals surface area contributed by atoms with Crippen LogP contribution >= 0.6 is 0 Å². The molecular weight excluding hydrogens is 266 g/mol. The van der Waals surface area contributed by atoms with Crippen molar-refractivity contribution in [3.05, 3.63) is 23.8 Å². The molecule has 3 N–H and O–H groups in total. The lowest BCUT2D eigenvalue weighted by Gasteiger charge is -2.15. The van der Waals surface area contributed by atoms with Crippen molar-refractivity contribution in [1.82, 2.24) is 9.62 Å². The highest BCUT2D eigenvalue weighted by Gasteiger charge is 2.33. The first-order chi connectivity index (χ1) is 8.83. The van der Waals surface area contributed by atoms with Crippen LogP contribution < -0.4 is 10.5 Å². The van der Waals surface area contributed by atoms with Gasteiger partial charge in [-0.15, -0.1) is 0 Å². The molecule has 2 rings (SSSR count). The number of benzene rings is 1. The number of nitrogens with zero attached hydrogens (tertiary/aromatic N) is 1. The monoisotopic (exact) mass is 283 g/mol. The van der Waals surface area contributed by atoms with Gasteiger partial charge in [-0.3, -0.25) is 4.79 Å². The van der Waals surface area contributed by atoms with E-state index in [0.29, 0.717) is 18.5 Å². The van der Waals surface area contributed by atoms with Crippen LogP contribution in [0.2, 0.25) is 0 Å². The molecule has 1 heterocycles. The molecule has 1 aromatic rings. The Labute approximate surface area is 112 Å². The quantitative estimate of drug-likeness (QED) is 0.769. The van der Waals surface area contributed by atoms with Crippen LogP contribution in [0.3, 0.4) is 0 Å². The Morgan fingerprint density at radius 3 is 2.63 bits per heavy atom. The van der Waals surface area contributed by atoms with E-state index in [1.807, 2.05) is 0 Å². The molecule has 19 heavy (non-hydrogen) atoms. The highest BCUT2D eigenvalue weighted by molar-refractivity contribution is 7.89. The average molecular weight is 283 g/mol. The van der Waals surface area contributed by atoms with Crippen molar-refractivity contribution in [2.75, 3.05) is 19.3 Å². The number of nitrogen functional groups attached to an aromatic ring is 1. The number of carbonyl (C=O) groups excluding carboxylic acids is 1. The lowest BCUT2D eigenvalue weighted by atomic mass is 10.2. The summed E-state index contributed by atoms with van der Waals surface area (Å²) in [6, 6.07) is 4.20. The second-order valence-electron chi connectivity index (χ2n) is 4.72. The standard InChI is InChI=1S/C12H17N3O3S/c1-8-4-3-5-9(13)11(8)19(17,18)14-10-6-7-15(2)12(10)16/h3-5,10,14H,6-7,13H2,1-2H3. The molecule has 1 fully saturated rings. The lowest BCUT2D eigenvalue weighted by molar-refractivity contribution is -0.127. The van der Waals surface area contributed by atoms with Gasteiger partial charge in [0.1, 0.15) is 10.9 Å². The van der Waals surface area contributed by atoms with E-state index in [2.05, 4.69) is 4.72 Å². The van der Waals surface area contributed by atoms with Crippen LogP contribution in [0, 0.1) is 6.92 Å². The molecule has 1 aliphatic heterocycles. The van der Waals surface area contributed by atoms with Crippen LogP contribution in [0.25, 0.3) is 0 Å². The molecule has 0 bridgehead atoms. The van der Waals surface area contributed by atoms with Crippen molar-refractivity contribution >= 4 is 21.6 Å². The van der Waals surface area contributed by atoms with Crippen molar-refractivity contribution in [1.29, 1.82) is 0 Å². The van der Waals surface area contributed by atoms with E-state index >= 15 is 0 Å². The van der Waals surface area contributed by atoms with Gasteiger partial charge in [-0.2, -0.15) is 4.72 Å². The number of nitrogens with one attached hydrogen (secondary N) is 1. The molecule has 1 atom stereocenters. The number of aryl methyl sites for hydroxylation is 1. The van der Waals surface area contributed by atoms with E-state index in [0.717, 1.165) is 0 Å². The fourth-order valence-corrected chi connectivity index (χ4v) is 3.80. The van der Waals surface area contributed by atoms with Crippen molar-refractivity contribution in [2.24, 2.45) is 0 Å². The molecule has 104 valence electrons. The molecular formula is C12H17N3O3S. The Morgan fingerprint density at radius 2 is 2.11 bits per heavy atom. The predicted octanol–water partition coefficient (Wildman–Crippen LogP) is 0.0862. The summed E-state index contributed by atoms with van der Waals surface area (Å²) in [5, 5.41) is 0. The van der Waals surface area contributed by atoms with Gasteiger partial charge in [-0.05, 0) is 25.0 Å². The van der Waals surface area contributed by atoms with E-state index in [9.17, 15) is 13.2 Å². The number of hydrogen-bond acceptors (Lipinski definition) is 4. The maximum absolute atomic E-state index is 12.3. The average Bonchev–Trinajstić information content (AvgIpc) is 2.60. The number of likely N-dealkylation sites (N-methyl/N-ethyl adjacent to an activating group) is 1. The normalized spacial score (nSPS) is 20.0. The lowest BCUT2D eigenvalue weighted by Crippen LogP contribution is -2.40. The Bertz CT molecular complexity index is 592. The largest absolute Gasteiger partial charge is 0.398 e. The highest BCUT2D eigenvalue weighted by atomic mass is 32.2. The maximum atomic E-state index is 12.3. The van der Waals surface area contributed by atoms with Crippen LogP contribution in [-0.2, 0) is 14.8 Å². The number of rotatable bonds is 3. The van der Waals surface area contributed by atoms with Crippen LogP contribution in [0.15, 0.2) is 23.1 Å². The summed E-state index contributed by atoms with van der Waals surface area (Å²) in [4.78, 5) is 13.3. The van der Waals surface area contributed by atoms with Crippen molar-refractivity contribution < 1.29 is 13.2 Å². The summed E-state index contributed by atoms with van der Waals surface area (Å²) >= 11 is 0. The summed E-state index contributed by atoms with van der Waals surface area (Å²) in [5.41, 5.74) is 6.48. The van der Waals surface area contributed by atoms with Crippen molar-refractivity contribution in [2.45, 2.75) is 24.3 Å². The van der Waals surface area contributed by atoms with Crippen LogP contribution in [-0.4, -0.2) is 38.9 Å². The number of nitrogens with two attached hydrogens (primary N) is 1. The van der Waals surface area contributed by atoms with Crippen molar-refractivity contribution in [3.8, 4) is 0 Å². The van der Waals surface area contributed by atoms with E-state index in [4.69, 9.17) is 5.73 Å². The molecule has 0 aromatic heterocycles. The second kappa shape index (κ2) is 4.82. The molecule has 0 spiro atoms. The Balaban J connectivity index is 2.31. The Morgan fingerprint density at radius 1 is 1.42 bits per heavy atom. The van der Waals surface area contributed by atoms with Crippen LogP contribution in [0.5, 0.6) is 0 Å². The molecule has 6 nitrogen and oxygen atoms in total. The summed E-state index contributed by atoms with van der Waals surface area (Å²) in [5.74, 6) is -0.212. The molecule has 0 saturated carbocycles. The van der Waals surface area contributed by atoms with E-state index in [1.165, 1.54) is 11.0 Å². The minimum Gasteiger partial charge on any atom is -0.398 e. The van der Waals surface area contributed by atoms with Gasteiger partial charge < -0.3 is 10.6 Å². The third-order valence-electron chi connectivity index (χ3n) is 3.24. The van der Waals surface area contributed by atoms with Gasteiger partial charge in [0.05, 0.1) is 5.69 Å². The van der Waals surface area contributed by atoms with Gasteiger partial charge >= 0.3 is 0 Å². The summed E-state index contributed by atoms with van der Waals surface area (Å²) in [7, 11) is -2.13. The van der Waals surface area contributed by atoms with Gasteiger partial charge in [0, 0.05) is 13.6 Å². The number of hydrogen-bond donors (Lipinski definition) is 2. The summed E-state index contributed by atoms with van der Waals surface area (Å²) in [6.45, 7) is 2.22. The smallest absolute Gasteiger partial charge is 0.243 e. The highest BCUT2D eigenvalue weighted by Crippen LogP contribution is 2.23. The van der Waals surface area contributed by atoms with Gasteiger partial charge in [-0.25, -0.2) is 8.42 Å². The third kappa shape index (κ3) is 2.57. The zero-order valence-corrected chi connectivity index (χ0v) is 11.7. The fourth-order valence-electron chi connectivity index (χ4n) is 2.22. The topological polar surface area (TPSA) is 92.5 Å². The Hall–Kier alpha value is -1.60. The molecule has 0 aliphatic carbocycles. The van der Waals surface area contributed by atoms with Crippen LogP contribution in [0.1, 0.15) is 12.0 Å². The molecule has 1 unspecified atom stereocenters. The van der Waals surface area contributed by atoms with Gasteiger partial charge in [0.2, 0.25) is 15.9 Å². The number of carbonyl (C=O) groups is 1. The summed E-state index contributed by atoms with van der Waals surface area (Å²) < 4.78 is 27.1. The van der Waals surface area contributed by atoms with E-state index in [1.54, 1.807) is 26.1 Å². The number of sulfonamides is 1. The number of amides is 1. The second-order valence-corrected chi connectivity index (χ2v) is 6.37. The predicted molar refractivity (Wildman–Crippen MR) is 72.0 cm³/mol. The minimum absolute atomic E-state index is 0.0531. The molecule has 7 heteroatoms. The van der Waals surface area contributed by atoms with Gasteiger partial charge in [0.15, 0.2) is 0 Å². The molecule has 1 aromatic carbocycles. The third-order valence-corrected chi connectivity index (χ3v) is 4.93. The molecule has 1 aliphatic rings. The Kier molecular flexibility index (Phi) is 3.51. The van der Waals surface area contributed by atoms with Gasteiger partial charge in [-0.1, -0.05) is 12.1 Å². The molecule has 1 amide bonds. The minimum atomic E-state index is -3.78. The van der Waals surface area contributed by atoms with E-state index < -0.39 is 16.1 Å². The summed E-state index contributed by atoms with van der Waals surface area (Å²) in [6.07, 6.45) is 0.473. The molecule has 0 radical (unpaired) electrons. The first-order valence-electron chi connectivity index (χ1n) is 5.95. The fraction of sp³-hybridized carbons (Fsp3) is 0.417. The zero-order valence-electron chi connectivity index (χ0n) is 10.9.